The summed E-state index contributed by atoms with van der Waals surface area (Å²) >= 11 is 0. The SMILES string of the molecule is COc1ccc(O)c(C2C3=CCC4C(=O)N(c5cccc(B(O)O)c5)C(=O)C4C3CC3C(=O)C(c4ccccc4)=CC(=O)C32c2ccccc2)c1. The van der Waals surface area contributed by atoms with Crippen molar-refractivity contribution in [1.82, 2.24) is 0 Å². The number of ether oxygens (including phenoxy) is 1. The van der Waals surface area contributed by atoms with Crippen molar-refractivity contribution in [2.75, 3.05) is 12.0 Å². The number of imide groups is 1. The van der Waals surface area contributed by atoms with Gasteiger partial charge in [-0.3, -0.25) is 24.1 Å². The van der Waals surface area contributed by atoms with Crippen LogP contribution in [0.15, 0.2) is 121 Å². The summed E-state index contributed by atoms with van der Waals surface area (Å²) in [5, 5.41) is 31.2. The highest BCUT2D eigenvalue weighted by Gasteiger charge is 2.66. The van der Waals surface area contributed by atoms with Crippen molar-refractivity contribution in [3.8, 4) is 11.5 Å². The van der Waals surface area contributed by atoms with Gasteiger partial charge in [-0.1, -0.05) is 84.4 Å². The monoisotopic (exact) mass is 679 g/mol. The fraction of sp³-hybridized carbons (Fsp3) is 0.220. The predicted octanol–water partition coefficient (Wildman–Crippen LogP) is 4.11. The lowest BCUT2D eigenvalue weighted by atomic mass is 9.44. The molecule has 9 nitrogen and oxygen atoms in total. The van der Waals surface area contributed by atoms with Crippen LogP contribution in [0, 0.1) is 23.7 Å². The van der Waals surface area contributed by atoms with E-state index in [4.69, 9.17) is 4.74 Å². The van der Waals surface area contributed by atoms with Crippen molar-refractivity contribution in [2.45, 2.75) is 24.2 Å². The molecule has 0 radical (unpaired) electrons. The Bertz CT molecular complexity index is 2160. The molecule has 10 heteroatoms. The van der Waals surface area contributed by atoms with Crippen LogP contribution in [0.4, 0.5) is 5.69 Å². The van der Waals surface area contributed by atoms with Crippen molar-refractivity contribution in [3.63, 3.8) is 0 Å². The highest BCUT2D eigenvalue weighted by Crippen LogP contribution is 2.64. The number of carbonyl (C=O) groups is 4. The number of methoxy groups -OCH3 is 1. The maximum absolute atomic E-state index is 15.1. The quantitative estimate of drug-likeness (QED) is 0.157. The van der Waals surface area contributed by atoms with Gasteiger partial charge in [-0.15, -0.1) is 0 Å². The molecule has 6 atom stereocenters. The summed E-state index contributed by atoms with van der Waals surface area (Å²) in [5.74, 6) is -5.16. The first kappa shape index (κ1) is 32.6. The van der Waals surface area contributed by atoms with Crippen molar-refractivity contribution >= 4 is 47.2 Å². The molecule has 0 spiro atoms. The van der Waals surface area contributed by atoms with Gasteiger partial charge in [0.2, 0.25) is 11.8 Å². The topological polar surface area (TPSA) is 141 Å². The van der Waals surface area contributed by atoms with Crippen LogP contribution in [0.25, 0.3) is 5.57 Å². The van der Waals surface area contributed by atoms with Gasteiger partial charge in [-0.2, -0.15) is 0 Å². The number of ketones is 2. The van der Waals surface area contributed by atoms with Gasteiger partial charge in [-0.25, -0.2) is 0 Å². The predicted molar refractivity (Wildman–Crippen MR) is 190 cm³/mol. The van der Waals surface area contributed by atoms with Crippen LogP contribution in [0.2, 0.25) is 0 Å². The molecule has 1 aliphatic heterocycles. The van der Waals surface area contributed by atoms with E-state index in [0.29, 0.717) is 28.0 Å². The molecular formula is C41H34BNO8. The van der Waals surface area contributed by atoms with Crippen LogP contribution in [0.3, 0.4) is 0 Å². The standard InChI is InChI=1S/C41H34BNO8/c1-51-27-15-18-34(44)32(20-27)37-28-16-17-29-36(40(48)43(39(29)47)26-14-8-13-25(19-26)42(49)50)31(28)21-33-38(46)30(23-9-4-2-5-10-23)22-35(45)41(33,37)24-11-6-3-7-12-24/h2-16,18-20,22,29,31,33,36-37,44,49-50H,17,21H2,1H3. The third-order valence-corrected chi connectivity index (χ3v) is 11.3. The van der Waals surface area contributed by atoms with Gasteiger partial charge in [0.25, 0.3) is 0 Å². The van der Waals surface area contributed by atoms with Crippen LogP contribution in [0.1, 0.15) is 35.4 Å². The van der Waals surface area contributed by atoms with Gasteiger partial charge in [0, 0.05) is 23.0 Å². The Morgan fingerprint density at radius 2 is 1.55 bits per heavy atom. The molecule has 254 valence electrons. The summed E-state index contributed by atoms with van der Waals surface area (Å²) in [5.41, 5.74) is 1.44. The summed E-state index contributed by atoms with van der Waals surface area (Å²) in [4.78, 5) is 59.9. The molecule has 3 N–H and O–H groups in total. The number of carbonyl (C=O) groups excluding carboxylic acids is 4. The lowest BCUT2D eigenvalue weighted by Gasteiger charge is -2.55. The fourth-order valence-corrected chi connectivity index (χ4v) is 9.19. The Labute approximate surface area is 294 Å². The Kier molecular flexibility index (Phi) is 7.89. The van der Waals surface area contributed by atoms with Gasteiger partial charge in [0.1, 0.15) is 11.5 Å². The van der Waals surface area contributed by atoms with Crippen LogP contribution in [-0.4, -0.2) is 52.8 Å². The van der Waals surface area contributed by atoms with Gasteiger partial charge < -0.3 is 19.9 Å². The van der Waals surface area contributed by atoms with E-state index in [1.165, 1.54) is 31.4 Å². The van der Waals surface area contributed by atoms with Crippen LogP contribution in [-0.2, 0) is 24.6 Å². The number of phenolic OH excluding ortho intramolecular Hbond substituents is 1. The molecule has 4 aromatic rings. The number of anilines is 1. The molecule has 0 aromatic heterocycles. The maximum atomic E-state index is 15.1. The van der Waals surface area contributed by atoms with Crippen LogP contribution in [0.5, 0.6) is 11.5 Å². The summed E-state index contributed by atoms with van der Waals surface area (Å²) in [6.07, 6.45) is 3.67. The van der Waals surface area contributed by atoms with Crippen molar-refractivity contribution in [2.24, 2.45) is 23.7 Å². The highest BCUT2D eigenvalue weighted by atomic mass is 16.5. The molecule has 0 bridgehead atoms. The number of Topliss-reactive ketones (excluding diaryl/α,β-unsaturated/α-hetero) is 1. The zero-order valence-corrected chi connectivity index (χ0v) is 27.7. The Morgan fingerprint density at radius 3 is 2.25 bits per heavy atom. The van der Waals surface area contributed by atoms with Crippen molar-refractivity contribution in [1.29, 1.82) is 0 Å². The maximum Gasteiger partial charge on any atom is 0.488 e. The second-order valence-electron chi connectivity index (χ2n) is 13.7. The van der Waals surface area contributed by atoms with E-state index in [1.54, 1.807) is 48.5 Å². The minimum absolute atomic E-state index is 0.0913. The summed E-state index contributed by atoms with van der Waals surface area (Å²) in [6, 6.07) is 29.0. The van der Waals surface area contributed by atoms with E-state index in [9.17, 15) is 24.7 Å². The van der Waals surface area contributed by atoms with Crippen LogP contribution < -0.4 is 15.1 Å². The number of phenols is 1. The molecule has 2 fully saturated rings. The van der Waals surface area contributed by atoms with E-state index in [1.807, 2.05) is 42.5 Å². The minimum Gasteiger partial charge on any atom is -0.508 e. The Morgan fingerprint density at radius 1 is 0.824 bits per heavy atom. The number of allylic oxidation sites excluding steroid dienone is 4. The summed E-state index contributed by atoms with van der Waals surface area (Å²) in [7, 11) is -0.289. The molecule has 1 heterocycles. The number of hydrogen-bond acceptors (Lipinski definition) is 8. The Balaban J connectivity index is 1.36. The van der Waals surface area contributed by atoms with Crippen molar-refractivity contribution in [3.05, 3.63) is 138 Å². The number of fused-ring (bicyclic) bond motifs is 4. The molecule has 4 aliphatic rings. The molecule has 1 saturated heterocycles. The van der Waals surface area contributed by atoms with Gasteiger partial charge >= 0.3 is 7.12 Å². The Hall–Kier alpha value is -5.58. The lowest BCUT2D eigenvalue weighted by Crippen LogP contribution is -2.58. The zero-order chi connectivity index (χ0) is 35.6. The summed E-state index contributed by atoms with van der Waals surface area (Å²) in [6.45, 7) is 0. The zero-order valence-electron chi connectivity index (χ0n) is 27.7. The number of hydrogen-bond donors (Lipinski definition) is 3. The first-order valence-electron chi connectivity index (χ1n) is 17.0. The second kappa shape index (κ2) is 12.3. The molecule has 1 saturated carbocycles. The number of nitrogens with zero attached hydrogens (tertiary/aromatic N) is 1. The largest absolute Gasteiger partial charge is 0.508 e. The van der Waals surface area contributed by atoms with E-state index in [-0.39, 0.29) is 46.9 Å². The smallest absolute Gasteiger partial charge is 0.488 e. The van der Waals surface area contributed by atoms with Gasteiger partial charge in [0.15, 0.2) is 11.6 Å². The molecule has 3 aliphatic carbocycles. The molecule has 4 aromatic carbocycles. The second-order valence-corrected chi connectivity index (χ2v) is 13.7. The first-order chi connectivity index (χ1) is 24.7. The third kappa shape index (κ3) is 4.85. The number of amides is 2. The van der Waals surface area contributed by atoms with E-state index in [2.05, 4.69) is 0 Å². The minimum atomic E-state index is -1.80. The number of aromatic hydroxyl groups is 1. The lowest BCUT2D eigenvalue weighted by molar-refractivity contribution is -0.135. The number of benzene rings is 4. The normalized spacial score (nSPS) is 26.9. The average molecular weight is 680 g/mol. The average Bonchev–Trinajstić information content (AvgIpc) is 3.42. The number of rotatable bonds is 6. The fourth-order valence-electron chi connectivity index (χ4n) is 9.19. The van der Waals surface area contributed by atoms with E-state index >= 15 is 9.59 Å². The van der Waals surface area contributed by atoms with Crippen LogP contribution >= 0.6 is 0 Å². The molecule has 2 amide bonds. The third-order valence-electron chi connectivity index (χ3n) is 11.3. The van der Waals surface area contributed by atoms with E-state index in [0.717, 1.165) is 4.90 Å². The van der Waals surface area contributed by atoms with Crippen molar-refractivity contribution < 1.29 is 39.1 Å². The molecule has 8 rings (SSSR count). The van der Waals surface area contributed by atoms with E-state index < -0.39 is 53.9 Å². The molecule has 51 heavy (non-hydrogen) atoms. The van der Waals surface area contributed by atoms with Gasteiger partial charge in [0.05, 0.1) is 30.0 Å². The summed E-state index contributed by atoms with van der Waals surface area (Å²) < 4.78 is 5.59. The first-order valence-corrected chi connectivity index (χ1v) is 17.0. The molecular weight excluding hydrogens is 645 g/mol. The highest BCUT2D eigenvalue weighted by molar-refractivity contribution is 6.58. The van der Waals surface area contributed by atoms with Gasteiger partial charge in [-0.05, 0) is 71.8 Å². The molecule has 6 unspecified atom stereocenters.